The van der Waals surface area contributed by atoms with Crippen molar-refractivity contribution in [2.75, 3.05) is 11.4 Å². The smallest absolute Gasteiger partial charge is 0.251 e. The van der Waals surface area contributed by atoms with Crippen molar-refractivity contribution in [1.82, 2.24) is 10.3 Å². The molecule has 0 aromatic carbocycles. The first-order chi connectivity index (χ1) is 9.36. The highest BCUT2D eigenvalue weighted by atomic mass is 16.3. The van der Waals surface area contributed by atoms with Gasteiger partial charge in [-0.2, -0.15) is 0 Å². The average Bonchev–Trinajstić information content (AvgIpc) is 2.42. The third-order valence-electron chi connectivity index (χ3n) is 3.60. The van der Waals surface area contributed by atoms with Crippen LogP contribution >= 0.6 is 0 Å². The molecule has 1 saturated heterocycles. The standard InChI is InChI=1S/C14H19N3O3/c1-4-11(18)10-6-5-9(7-15-10)17-8-12(19)16-13(20)14(17,2)3/h5-7,11,18H,4,8H2,1-3H3,(H,16,19,20)/t11-/m1/s1. The average molecular weight is 277 g/mol. The first-order valence-electron chi connectivity index (χ1n) is 6.62. The van der Waals surface area contributed by atoms with Crippen LogP contribution in [-0.4, -0.2) is 34.0 Å². The van der Waals surface area contributed by atoms with Gasteiger partial charge in [-0.15, -0.1) is 0 Å². The van der Waals surface area contributed by atoms with Gasteiger partial charge in [0.1, 0.15) is 5.54 Å². The molecule has 20 heavy (non-hydrogen) atoms. The summed E-state index contributed by atoms with van der Waals surface area (Å²) in [6.45, 7) is 5.49. The SMILES string of the molecule is CC[C@@H](O)c1ccc(N2CC(=O)NC(=O)C2(C)C)cn1. The number of carbonyl (C=O) groups is 2. The van der Waals surface area contributed by atoms with E-state index in [9.17, 15) is 14.7 Å². The fourth-order valence-corrected chi connectivity index (χ4v) is 2.16. The Morgan fingerprint density at radius 3 is 2.70 bits per heavy atom. The molecule has 0 aliphatic carbocycles. The molecule has 1 atom stereocenters. The normalized spacial score (nSPS) is 19.7. The van der Waals surface area contributed by atoms with Crippen LogP contribution < -0.4 is 10.2 Å². The number of hydrogen-bond acceptors (Lipinski definition) is 5. The van der Waals surface area contributed by atoms with E-state index in [2.05, 4.69) is 10.3 Å². The Balaban J connectivity index is 2.30. The van der Waals surface area contributed by atoms with Crippen molar-refractivity contribution < 1.29 is 14.7 Å². The highest BCUT2D eigenvalue weighted by Crippen LogP contribution is 2.26. The summed E-state index contributed by atoms with van der Waals surface area (Å²) in [5.74, 6) is -0.654. The Morgan fingerprint density at radius 2 is 2.15 bits per heavy atom. The van der Waals surface area contributed by atoms with Gasteiger partial charge in [0, 0.05) is 0 Å². The number of aliphatic hydroxyl groups is 1. The number of nitrogens with one attached hydrogen (secondary N) is 1. The van der Waals surface area contributed by atoms with Gasteiger partial charge in [-0.3, -0.25) is 19.9 Å². The highest BCUT2D eigenvalue weighted by Gasteiger charge is 2.41. The summed E-state index contributed by atoms with van der Waals surface area (Å²) in [6.07, 6.45) is 1.58. The number of aromatic nitrogens is 1. The molecular weight excluding hydrogens is 258 g/mol. The Hall–Kier alpha value is -1.95. The maximum atomic E-state index is 11.9. The lowest BCUT2D eigenvalue weighted by atomic mass is 9.98. The van der Waals surface area contributed by atoms with Gasteiger partial charge in [0.15, 0.2) is 0 Å². The second-order valence-electron chi connectivity index (χ2n) is 5.39. The third kappa shape index (κ3) is 2.51. The van der Waals surface area contributed by atoms with Crippen molar-refractivity contribution in [3.63, 3.8) is 0 Å². The zero-order valence-electron chi connectivity index (χ0n) is 11.9. The molecule has 1 aliphatic rings. The van der Waals surface area contributed by atoms with Crippen LogP contribution in [0.15, 0.2) is 18.3 Å². The van der Waals surface area contributed by atoms with Crippen LogP contribution in [0.1, 0.15) is 39.0 Å². The number of piperazine rings is 1. The first kappa shape index (κ1) is 14.5. The molecule has 1 aromatic rings. The lowest BCUT2D eigenvalue weighted by Gasteiger charge is -2.41. The van der Waals surface area contributed by atoms with Crippen molar-refractivity contribution in [2.24, 2.45) is 0 Å². The van der Waals surface area contributed by atoms with Crippen LogP contribution in [0.25, 0.3) is 0 Å². The monoisotopic (exact) mass is 277 g/mol. The summed E-state index contributed by atoms with van der Waals surface area (Å²) < 4.78 is 0. The quantitative estimate of drug-likeness (QED) is 0.797. The van der Waals surface area contributed by atoms with Crippen LogP contribution in [0, 0.1) is 0 Å². The topological polar surface area (TPSA) is 82.5 Å². The van der Waals surface area contributed by atoms with Crippen molar-refractivity contribution in [3.05, 3.63) is 24.0 Å². The van der Waals surface area contributed by atoms with Gasteiger partial charge < -0.3 is 10.0 Å². The van der Waals surface area contributed by atoms with Crippen LogP contribution in [0.2, 0.25) is 0 Å². The van der Waals surface area contributed by atoms with Crippen LogP contribution in [0.5, 0.6) is 0 Å². The predicted molar refractivity (Wildman–Crippen MR) is 74.1 cm³/mol. The molecule has 2 heterocycles. The van der Waals surface area contributed by atoms with Gasteiger partial charge >= 0.3 is 0 Å². The summed E-state index contributed by atoms with van der Waals surface area (Å²) in [6, 6.07) is 3.49. The number of nitrogens with zero attached hydrogens (tertiary/aromatic N) is 2. The minimum absolute atomic E-state index is 0.107. The van der Waals surface area contributed by atoms with Crippen LogP contribution in [0.3, 0.4) is 0 Å². The molecule has 6 nitrogen and oxygen atoms in total. The van der Waals surface area contributed by atoms with Gasteiger partial charge in [-0.25, -0.2) is 0 Å². The number of imide groups is 1. The molecule has 1 aliphatic heterocycles. The Kier molecular flexibility index (Phi) is 3.76. The molecule has 1 fully saturated rings. The Labute approximate surface area is 117 Å². The second kappa shape index (κ2) is 5.20. The van der Waals surface area contributed by atoms with E-state index in [-0.39, 0.29) is 18.4 Å². The number of aliphatic hydroxyl groups excluding tert-OH is 1. The molecular formula is C14H19N3O3. The van der Waals surface area contributed by atoms with E-state index in [4.69, 9.17) is 0 Å². The van der Waals surface area contributed by atoms with Gasteiger partial charge in [0.2, 0.25) is 5.91 Å². The highest BCUT2D eigenvalue weighted by molar-refractivity contribution is 6.06. The lowest BCUT2D eigenvalue weighted by molar-refractivity contribution is -0.135. The Morgan fingerprint density at radius 1 is 1.45 bits per heavy atom. The van der Waals surface area contributed by atoms with Gasteiger partial charge in [0.25, 0.3) is 5.91 Å². The maximum Gasteiger partial charge on any atom is 0.251 e. The van der Waals surface area contributed by atoms with E-state index >= 15 is 0 Å². The van der Waals surface area contributed by atoms with Gasteiger partial charge in [-0.1, -0.05) is 6.92 Å². The summed E-state index contributed by atoms with van der Waals surface area (Å²) in [4.78, 5) is 29.3. The number of rotatable bonds is 3. The largest absolute Gasteiger partial charge is 0.387 e. The third-order valence-corrected chi connectivity index (χ3v) is 3.60. The predicted octanol–water partition coefficient (Wildman–Crippen LogP) is 0.766. The number of hydrogen-bond donors (Lipinski definition) is 2. The van der Waals surface area contributed by atoms with E-state index in [0.29, 0.717) is 17.8 Å². The number of anilines is 1. The molecule has 2 amide bonds. The zero-order valence-corrected chi connectivity index (χ0v) is 11.9. The second-order valence-corrected chi connectivity index (χ2v) is 5.39. The van der Waals surface area contributed by atoms with Crippen molar-refractivity contribution in [2.45, 2.75) is 38.8 Å². The maximum absolute atomic E-state index is 11.9. The van der Waals surface area contributed by atoms with Crippen molar-refractivity contribution in [3.8, 4) is 0 Å². The summed E-state index contributed by atoms with van der Waals surface area (Å²) >= 11 is 0. The number of pyridine rings is 1. The molecule has 1 aromatic heterocycles. The van der Waals surface area contributed by atoms with Gasteiger partial charge in [-0.05, 0) is 32.4 Å². The van der Waals surface area contributed by atoms with E-state index < -0.39 is 11.6 Å². The molecule has 0 spiro atoms. The first-order valence-corrected chi connectivity index (χ1v) is 6.62. The van der Waals surface area contributed by atoms with Crippen LogP contribution in [-0.2, 0) is 9.59 Å². The summed E-state index contributed by atoms with van der Waals surface area (Å²) in [5, 5.41) is 12.1. The van der Waals surface area contributed by atoms with Gasteiger partial charge in [0.05, 0.1) is 30.2 Å². The Bertz CT molecular complexity index is 525. The molecule has 2 N–H and O–H groups in total. The number of amides is 2. The minimum atomic E-state index is -0.819. The van der Waals surface area contributed by atoms with Crippen LogP contribution in [0.4, 0.5) is 5.69 Å². The van der Waals surface area contributed by atoms with Crippen molar-refractivity contribution >= 4 is 17.5 Å². The summed E-state index contributed by atoms with van der Waals surface area (Å²) in [7, 11) is 0. The molecule has 2 rings (SSSR count). The van der Waals surface area contributed by atoms with Crippen molar-refractivity contribution in [1.29, 1.82) is 0 Å². The fourth-order valence-electron chi connectivity index (χ4n) is 2.16. The minimum Gasteiger partial charge on any atom is -0.387 e. The van der Waals surface area contributed by atoms with E-state index in [1.54, 1.807) is 37.1 Å². The lowest BCUT2D eigenvalue weighted by Crippen LogP contribution is -2.64. The molecule has 0 bridgehead atoms. The molecule has 0 unspecified atom stereocenters. The molecule has 0 saturated carbocycles. The van der Waals surface area contributed by atoms with E-state index in [1.165, 1.54) is 0 Å². The van der Waals surface area contributed by atoms with E-state index in [0.717, 1.165) is 0 Å². The zero-order chi connectivity index (χ0) is 14.9. The molecule has 6 heteroatoms. The molecule has 0 radical (unpaired) electrons. The fraction of sp³-hybridized carbons (Fsp3) is 0.500. The van der Waals surface area contributed by atoms with E-state index in [1.807, 2.05) is 6.92 Å². The number of carbonyl (C=O) groups excluding carboxylic acids is 2. The molecule has 108 valence electrons. The summed E-state index contributed by atoms with van der Waals surface area (Å²) in [5.41, 5.74) is 0.451.